The second kappa shape index (κ2) is 4.76. The van der Waals surface area contributed by atoms with Crippen molar-refractivity contribution in [1.82, 2.24) is 0 Å². The van der Waals surface area contributed by atoms with Crippen LogP contribution in [-0.4, -0.2) is 13.1 Å². The van der Waals surface area contributed by atoms with E-state index >= 15 is 0 Å². The van der Waals surface area contributed by atoms with Crippen LogP contribution in [0.2, 0.25) is 0 Å². The Morgan fingerprint density at radius 3 is 2.89 bits per heavy atom. The summed E-state index contributed by atoms with van der Waals surface area (Å²) in [4.78, 5) is 11.6. The van der Waals surface area contributed by atoms with Gasteiger partial charge in [-0.15, -0.1) is 0 Å². The molecule has 3 rings (SSSR count). The van der Waals surface area contributed by atoms with Gasteiger partial charge < -0.3 is 9.47 Å². The lowest BCUT2D eigenvalue weighted by Crippen LogP contribution is -2.23. The van der Waals surface area contributed by atoms with E-state index in [4.69, 9.17) is 9.47 Å². The van der Waals surface area contributed by atoms with Gasteiger partial charge in [0.15, 0.2) is 0 Å². The molecule has 0 fully saturated rings. The Bertz CT molecular complexity index is 695. The normalized spacial score (nSPS) is 20.2. The fourth-order valence-corrected chi connectivity index (χ4v) is 2.34. The molecule has 2 aliphatic rings. The summed E-state index contributed by atoms with van der Waals surface area (Å²) in [6.07, 6.45) is 8.12. The number of benzene rings is 1. The molecule has 0 amide bonds. The lowest BCUT2D eigenvalue weighted by Gasteiger charge is -2.17. The summed E-state index contributed by atoms with van der Waals surface area (Å²) in [6.45, 7) is 0. The lowest BCUT2D eigenvalue weighted by atomic mass is 9.92. The number of methoxy groups -OCH3 is 1. The van der Waals surface area contributed by atoms with E-state index in [-0.39, 0.29) is 11.9 Å². The SMILES string of the molecule is COC(=O)C1C=CC2=C(C=c3ccccc3=CO2)C1. The van der Waals surface area contributed by atoms with Crippen LogP contribution < -0.4 is 10.4 Å². The first-order chi connectivity index (χ1) is 9.28. The molecular weight excluding hydrogens is 240 g/mol. The maximum atomic E-state index is 11.6. The molecule has 0 saturated carbocycles. The van der Waals surface area contributed by atoms with Gasteiger partial charge in [0.25, 0.3) is 0 Å². The van der Waals surface area contributed by atoms with Gasteiger partial charge in [-0.25, -0.2) is 0 Å². The number of fused-ring (bicyclic) bond motifs is 1. The van der Waals surface area contributed by atoms with E-state index in [0.717, 1.165) is 21.8 Å². The van der Waals surface area contributed by atoms with Crippen molar-refractivity contribution >= 4 is 18.3 Å². The maximum Gasteiger partial charge on any atom is 0.312 e. The highest BCUT2D eigenvalue weighted by atomic mass is 16.5. The minimum Gasteiger partial charge on any atom is -0.469 e. The Labute approximate surface area is 111 Å². The van der Waals surface area contributed by atoms with Crippen LogP contribution in [0.4, 0.5) is 0 Å². The van der Waals surface area contributed by atoms with Crippen molar-refractivity contribution in [3.05, 3.63) is 58.2 Å². The van der Waals surface area contributed by atoms with Crippen molar-refractivity contribution in [1.29, 1.82) is 0 Å². The number of carbonyl (C=O) groups excluding carboxylic acids is 1. The summed E-state index contributed by atoms with van der Waals surface area (Å²) in [5.74, 6) is 0.364. The monoisotopic (exact) mass is 254 g/mol. The van der Waals surface area contributed by atoms with Crippen molar-refractivity contribution in [2.45, 2.75) is 6.42 Å². The largest absolute Gasteiger partial charge is 0.469 e. The molecule has 0 radical (unpaired) electrons. The van der Waals surface area contributed by atoms with Crippen LogP contribution in [0.1, 0.15) is 6.42 Å². The smallest absolute Gasteiger partial charge is 0.312 e. The van der Waals surface area contributed by atoms with E-state index in [9.17, 15) is 4.79 Å². The van der Waals surface area contributed by atoms with Crippen molar-refractivity contribution < 1.29 is 14.3 Å². The van der Waals surface area contributed by atoms with Crippen LogP contribution in [0.5, 0.6) is 0 Å². The first-order valence-corrected chi connectivity index (χ1v) is 6.21. The first-order valence-electron chi connectivity index (χ1n) is 6.21. The van der Waals surface area contributed by atoms with Crippen molar-refractivity contribution in [3.8, 4) is 0 Å². The highest BCUT2D eigenvalue weighted by Gasteiger charge is 2.23. The standard InChI is InChI=1S/C16H14O3/c1-18-16(17)12-6-7-15-14(9-12)8-11-4-2-3-5-13(11)10-19-15/h2-8,10,12H,9H2,1H3. The third-order valence-electron chi connectivity index (χ3n) is 3.38. The van der Waals surface area contributed by atoms with Crippen molar-refractivity contribution in [2.24, 2.45) is 5.92 Å². The van der Waals surface area contributed by atoms with Gasteiger partial charge in [0, 0.05) is 5.22 Å². The van der Waals surface area contributed by atoms with Gasteiger partial charge in [-0.05, 0) is 29.4 Å². The predicted molar refractivity (Wildman–Crippen MR) is 72.0 cm³/mol. The zero-order chi connectivity index (χ0) is 13.2. The number of hydrogen-bond acceptors (Lipinski definition) is 3. The van der Waals surface area contributed by atoms with Crippen LogP contribution in [0.3, 0.4) is 0 Å². The Balaban J connectivity index is 2.02. The molecule has 3 nitrogen and oxygen atoms in total. The third-order valence-corrected chi connectivity index (χ3v) is 3.38. The molecule has 1 aromatic rings. The molecule has 3 heteroatoms. The van der Waals surface area contributed by atoms with E-state index in [2.05, 4.69) is 6.08 Å². The van der Waals surface area contributed by atoms with E-state index < -0.39 is 0 Å². The minimum atomic E-state index is -0.228. The molecular formula is C16H14O3. The molecule has 0 saturated heterocycles. The van der Waals surface area contributed by atoms with E-state index in [0.29, 0.717) is 6.42 Å². The van der Waals surface area contributed by atoms with Gasteiger partial charge in [0.05, 0.1) is 19.3 Å². The average molecular weight is 254 g/mol. The molecule has 96 valence electrons. The highest BCUT2D eigenvalue weighted by Crippen LogP contribution is 2.27. The molecule has 0 bridgehead atoms. The van der Waals surface area contributed by atoms with Gasteiger partial charge >= 0.3 is 5.97 Å². The summed E-state index contributed by atoms with van der Waals surface area (Å²) in [7, 11) is 1.41. The molecule has 1 aliphatic carbocycles. The van der Waals surface area contributed by atoms with Crippen LogP contribution in [0.15, 0.2) is 47.7 Å². The van der Waals surface area contributed by atoms with Gasteiger partial charge in [0.2, 0.25) is 0 Å². The molecule has 0 N–H and O–H groups in total. The number of hydrogen-bond donors (Lipinski definition) is 0. The third kappa shape index (κ3) is 2.19. The number of ether oxygens (including phenoxy) is 2. The van der Waals surface area contributed by atoms with Gasteiger partial charge in [-0.1, -0.05) is 30.3 Å². The fourth-order valence-electron chi connectivity index (χ4n) is 2.34. The quantitative estimate of drug-likeness (QED) is 0.707. The van der Waals surface area contributed by atoms with Crippen molar-refractivity contribution in [3.63, 3.8) is 0 Å². The lowest BCUT2D eigenvalue weighted by molar-refractivity contribution is -0.143. The summed E-state index contributed by atoms with van der Waals surface area (Å²) in [5.41, 5.74) is 1.03. The van der Waals surface area contributed by atoms with Crippen LogP contribution in [-0.2, 0) is 14.3 Å². The maximum absolute atomic E-state index is 11.6. The Hall–Kier alpha value is -2.29. The van der Waals surface area contributed by atoms with Gasteiger partial charge in [-0.2, -0.15) is 0 Å². The second-order valence-corrected chi connectivity index (χ2v) is 4.59. The average Bonchev–Trinajstić information content (AvgIpc) is 2.64. The number of esters is 1. The first kappa shape index (κ1) is 11.8. The molecule has 1 aromatic carbocycles. The summed E-state index contributed by atoms with van der Waals surface area (Å²) < 4.78 is 10.5. The fraction of sp³-hybridized carbons (Fsp3) is 0.188. The predicted octanol–water partition coefficient (Wildman–Crippen LogP) is 1.24. The Kier molecular flexibility index (Phi) is 2.95. The topological polar surface area (TPSA) is 35.5 Å². The molecule has 1 aliphatic heterocycles. The number of allylic oxidation sites excluding steroid dienone is 2. The Morgan fingerprint density at radius 2 is 2.11 bits per heavy atom. The Morgan fingerprint density at radius 1 is 1.32 bits per heavy atom. The van der Waals surface area contributed by atoms with E-state index in [1.165, 1.54) is 7.11 Å². The number of carbonyl (C=O) groups is 1. The summed E-state index contributed by atoms with van der Waals surface area (Å²) in [5, 5.41) is 2.14. The molecule has 0 aromatic heterocycles. The minimum absolute atomic E-state index is 0.210. The highest BCUT2D eigenvalue weighted by molar-refractivity contribution is 5.76. The summed E-state index contributed by atoms with van der Waals surface area (Å²) in [6, 6.07) is 8.01. The van der Waals surface area contributed by atoms with E-state index in [1.807, 2.05) is 36.4 Å². The van der Waals surface area contributed by atoms with Crippen LogP contribution >= 0.6 is 0 Å². The zero-order valence-electron chi connectivity index (χ0n) is 10.6. The van der Waals surface area contributed by atoms with Crippen LogP contribution in [0, 0.1) is 5.92 Å². The molecule has 19 heavy (non-hydrogen) atoms. The van der Waals surface area contributed by atoms with Crippen LogP contribution in [0.25, 0.3) is 12.3 Å². The van der Waals surface area contributed by atoms with Gasteiger partial charge in [0.1, 0.15) is 5.76 Å². The van der Waals surface area contributed by atoms with Crippen molar-refractivity contribution in [2.75, 3.05) is 7.11 Å². The molecule has 1 unspecified atom stereocenters. The molecule has 0 spiro atoms. The molecule has 1 heterocycles. The molecule has 1 atom stereocenters. The second-order valence-electron chi connectivity index (χ2n) is 4.59. The zero-order valence-corrected chi connectivity index (χ0v) is 10.6. The summed E-state index contributed by atoms with van der Waals surface area (Å²) >= 11 is 0. The number of rotatable bonds is 1. The van der Waals surface area contributed by atoms with E-state index in [1.54, 1.807) is 6.26 Å². The van der Waals surface area contributed by atoms with Gasteiger partial charge in [-0.3, -0.25) is 4.79 Å².